The zero-order valence-corrected chi connectivity index (χ0v) is 10.3. The lowest BCUT2D eigenvalue weighted by molar-refractivity contribution is 0.173. The van der Waals surface area contributed by atoms with Crippen LogP contribution in [0, 0.1) is 0 Å². The van der Waals surface area contributed by atoms with Gasteiger partial charge in [0, 0.05) is 0 Å². The quantitative estimate of drug-likeness (QED) is 0.228. The van der Waals surface area contributed by atoms with E-state index in [1.54, 1.807) is 6.08 Å². The van der Waals surface area contributed by atoms with E-state index < -0.39 is 0 Å². The van der Waals surface area contributed by atoms with Crippen molar-refractivity contribution in [3.05, 3.63) is 12.7 Å². The van der Waals surface area contributed by atoms with Gasteiger partial charge in [0.15, 0.2) is 0 Å². The van der Waals surface area contributed by atoms with Crippen molar-refractivity contribution in [2.24, 2.45) is 5.16 Å². The van der Waals surface area contributed by atoms with Crippen molar-refractivity contribution in [2.75, 3.05) is 6.61 Å². The van der Waals surface area contributed by atoms with Crippen LogP contribution in [0.4, 0.5) is 0 Å². The van der Waals surface area contributed by atoms with Crippen LogP contribution in [0.5, 0.6) is 0 Å². The third kappa shape index (κ3) is 9.51. The van der Waals surface area contributed by atoms with Crippen LogP contribution in [-0.2, 0) is 4.84 Å². The van der Waals surface area contributed by atoms with Crippen LogP contribution in [0.25, 0.3) is 0 Å². The minimum Gasteiger partial charge on any atom is -0.392 e. The van der Waals surface area contributed by atoms with Gasteiger partial charge in [-0.25, -0.2) is 0 Å². The van der Waals surface area contributed by atoms with Crippen LogP contribution in [-0.4, -0.2) is 12.3 Å². The number of hydrogen-bond donors (Lipinski definition) is 0. The average molecular weight is 211 g/mol. The van der Waals surface area contributed by atoms with Crippen LogP contribution in [0.15, 0.2) is 17.8 Å². The van der Waals surface area contributed by atoms with E-state index in [1.807, 2.05) is 0 Å². The minimum atomic E-state index is 0.517. The second-order valence-electron chi connectivity index (χ2n) is 3.80. The molecule has 0 aliphatic heterocycles. The monoisotopic (exact) mass is 211 g/mol. The van der Waals surface area contributed by atoms with E-state index in [4.69, 9.17) is 4.84 Å². The van der Waals surface area contributed by atoms with Crippen molar-refractivity contribution in [1.82, 2.24) is 0 Å². The standard InChI is InChI=1S/C13H25NO/c1-4-7-9-11-13(10-8-5-2)14-15-12-6-3/h6H,3-5,7-12H2,1-2H3. The van der Waals surface area contributed by atoms with E-state index in [0.29, 0.717) is 6.61 Å². The molecule has 2 nitrogen and oxygen atoms in total. The van der Waals surface area contributed by atoms with Crippen molar-refractivity contribution >= 4 is 5.71 Å². The third-order valence-corrected chi connectivity index (χ3v) is 2.27. The number of oxime groups is 1. The second-order valence-corrected chi connectivity index (χ2v) is 3.80. The molecule has 0 aromatic heterocycles. The summed E-state index contributed by atoms with van der Waals surface area (Å²) in [5.74, 6) is 0. The van der Waals surface area contributed by atoms with E-state index in [9.17, 15) is 0 Å². The van der Waals surface area contributed by atoms with E-state index in [-0.39, 0.29) is 0 Å². The zero-order valence-electron chi connectivity index (χ0n) is 10.3. The summed E-state index contributed by atoms with van der Waals surface area (Å²) in [6, 6.07) is 0. The first-order valence-corrected chi connectivity index (χ1v) is 6.13. The Balaban J connectivity index is 3.81. The molecule has 0 aromatic rings. The molecule has 0 heterocycles. The first-order chi connectivity index (χ1) is 7.35. The van der Waals surface area contributed by atoms with Gasteiger partial charge in [0.1, 0.15) is 6.61 Å². The lowest BCUT2D eigenvalue weighted by Crippen LogP contribution is -2.00. The maximum atomic E-state index is 5.14. The van der Waals surface area contributed by atoms with Crippen molar-refractivity contribution in [1.29, 1.82) is 0 Å². The molecule has 0 radical (unpaired) electrons. The van der Waals surface area contributed by atoms with Crippen LogP contribution < -0.4 is 0 Å². The molecule has 0 unspecified atom stereocenters. The van der Waals surface area contributed by atoms with E-state index >= 15 is 0 Å². The van der Waals surface area contributed by atoms with Crippen molar-refractivity contribution in [3.63, 3.8) is 0 Å². The molecule has 0 spiro atoms. The summed E-state index contributed by atoms with van der Waals surface area (Å²) in [4.78, 5) is 5.14. The van der Waals surface area contributed by atoms with Crippen LogP contribution >= 0.6 is 0 Å². The topological polar surface area (TPSA) is 21.6 Å². The number of unbranched alkanes of at least 4 members (excludes halogenated alkanes) is 3. The Bertz CT molecular complexity index is 175. The maximum absolute atomic E-state index is 5.14. The molecule has 0 aliphatic carbocycles. The molecule has 0 atom stereocenters. The Morgan fingerprint density at radius 3 is 2.40 bits per heavy atom. The summed E-state index contributed by atoms with van der Waals surface area (Å²) >= 11 is 0. The molecule has 0 saturated carbocycles. The molecule has 15 heavy (non-hydrogen) atoms. The van der Waals surface area contributed by atoms with Gasteiger partial charge in [-0.2, -0.15) is 0 Å². The average Bonchev–Trinajstić information content (AvgIpc) is 2.25. The lowest BCUT2D eigenvalue weighted by atomic mass is 10.1. The number of hydrogen-bond acceptors (Lipinski definition) is 2. The van der Waals surface area contributed by atoms with Gasteiger partial charge in [0.05, 0.1) is 5.71 Å². The summed E-state index contributed by atoms with van der Waals surface area (Å²) in [5.41, 5.74) is 1.21. The predicted molar refractivity (Wildman–Crippen MR) is 67.3 cm³/mol. The summed E-state index contributed by atoms with van der Waals surface area (Å²) < 4.78 is 0. The summed E-state index contributed by atoms with van der Waals surface area (Å²) in [7, 11) is 0. The number of nitrogens with zero attached hydrogens (tertiary/aromatic N) is 1. The highest BCUT2D eigenvalue weighted by atomic mass is 16.6. The highest BCUT2D eigenvalue weighted by Crippen LogP contribution is 2.07. The lowest BCUT2D eigenvalue weighted by Gasteiger charge is -2.05. The fraction of sp³-hybridized carbons (Fsp3) is 0.769. The maximum Gasteiger partial charge on any atom is 0.135 e. The molecule has 0 saturated heterocycles. The van der Waals surface area contributed by atoms with Gasteiger partial charge in [0.25, 0.3) is 0 Å². The molecule has 0 aromatic carbocycles. The van der Waals surface area contributed by atoms with Crippen molar-refractivity contribution in [2.45, 2.75) is 58.8 Å². The van der Waals surface area contributed by atoms with E-state index in [1.165, 1.54) is 37.8 Å². The minimum absolute atomic E-state index is 0.517. The summed E-state index contributed by atoms with van der Waals surface area (Å²) in [5, 5.41) is 4.17. The summed E-state index contributed by atoms with van der Waals surface area (Å²) in [6.45, 7) is 8.54. The Morgan fingerprint density at radius 1 is 1.13 bits per heavy atom. The first-order valence-electron chi connectivity index (χ1n) is 6.13. The van der Waals surface area contributed by atoms with Gasteiger partial charge in [-0.15, -0.1) is 0 Å². The smallest absolute Gasteiger partial charge is 0.135 e. The van der Waals surface area contributed by atoms with Gasteiger partial charge in [0.2, 0.25) is 0 Å². The van der Waals surface area contributed by atoms with Gasteiger partial charge < -0.3 is 4.84 Å². The second kappa shape index (κ2) is 11.3. The van der Waals surface area contributed by atoms with E-state index in [2.05, 4.69) is 25.6 Å². The van der Waals surface area contributed by atoms with Gasteiger partial charge in [-0.05, 0) is 25.7 Å². The Hall–Kier alpha value is -0.790. The Labute approximate surface area is 94.4 Å². The SMILES string of the molecule is C=CCON=C(CCCC)CCCCC. The van der Waals surface area contributed by atoms with E-state index in [0.717, 1.165) is 12.8 Å². The molecule has 88 valence electrons. The van der Waals surface area contributed by atoms with Crippen LogP contribution in [0.2, 0.25) is 0 Å². The van der Waals surface area contributed by atoms with Crippen LogP contribution in [0.1, 0.15) is 58.8 Å². The molecule has 2 heteroatoms. The molecule has 0 N–H and O–H groups in total. The molecular weight excluding hydrogens is 186 g/mol. The molecular formula is C13H25NO. The Morgan fingerprint density at radius 2 is 1.80 bits per heavy atom. The highest BCUT2D eigenvalue weighted by molar-refractivity contribution is 5.83. The third-order valence-electron chi connectivity index (χ3n) is 2.27. The molecule has 0 amide bonds. The normalized spacial score (nSPS) is 11.5. The van der Waals surface area contributed by atoms with Crippen molar-refractivity contribution < 1.29 is 4.84 Å². The van der Waals surface area contributed by atoms with Crippen LogP contribution in [0.3, 0.4) is 0 Å². The number of rotatable bonds is 10. The van der Waals surface area contributed by atoms with Gasteiger partial charge in [-0.3, -0.25) is 0 Å². The van der Waals surface area contributed by atoms with Gasteiger partial charge in [-0.1, -0.05) is 50.9 Å². The molecule has 0 fully saturated rings. The van der Waals surface area contributed by atoms with Crippen molar-refractivity contribution in [3.8, 4) is 0 Å². The molecule has 0 aliphatic rings. The fourth-order valence-corrected chi connectivity index (χ4v) is 1.36. The molecule has 0 bridgehead atoms. The predicted octanol–water partition coefficient (Wildman–Crippen LogP) is 4.32. The van der Waals surface area contributed by atoms with Gasteiger partial charge >= 0.3 is 0 Å². The molecule has 0 rings (SSSR count). The zero-order chi connectivity index (χ0) is 11.4. The first kappa shape index (κ1) is 14.2. The Kier molecular flexibility index (Phi) is 10.7. The highest BCUT2D eigenvalue weighted by Gasteiger charge is 1.99. The summed E-state index contributed by atoms with van der Waals surface area (Å²) in [6.07, 6.45) is 10.1. The largest absolute Gasteiger partial charge is 0.392 e. The fourth-order valence-electron chi connectivity index (χ4n) is 1.36.